The third-order valence-electron chi connectivity index (χ3n) is 3.17. The molecule has 1 rings (SSSR count). The Morgan fingerprint density at radius 1 is 1.35 bits per heavy atom. The summed E-state index contributed by atoms with van der Waals surface area (Å²) in [6, 6.07) is 5.58. The lowest BCUT2D eigenvalue weighted by Gasteiger charge is -2.17. The van der Waals surface area contributed by atoms with Gasteiger partial charge in [-0.1, -0.05) is 13.0 Å². The highest BCUT2D eigenvalue weighted by Gasteiger charge is 2.19. The van der Waals surface area contributed by atoms with Gasteiger partial charge in [0.2, 0.25) is 5.91 Å². The number of ether oxygens (including phenoxy) is 2. The Morgan fingerprint density at radius 3 is 2.65 bits per heavy atom. The molecule has 3 N–H and O–H groups in total. The number of methoxy groups -OCH3 is 2. The summed E-state index contributed by atoms with van der Waals surface area (Å²) in [5.74, 6) is 1.19. The molecular weight excluding hydrogens is 256 g/mol. The van der Waals surface area contributed by atoms with E-state index < -0.39 is 0 Å². The topological polar surface area (TPSA) is 73.6 Å². The molecule has 0 aliphatic carbocycles. The number of nitrogens with one attached hydrogen (secondary N) is 1. The summed E-state index contributed by atoms with van der Waals surface area (Å²) in [6.45, 7) is 3.00. The number of hydrogen-bond donors (Lipinski definition) is 2. The van der Waals surface area contributed by atoms with Gasteiger partial charge in [0.25, 0.3) is 0 Å². The van der Waals surface area contributed by atoms with E-state index in [2.05, 4.69) is 5.32 Å². The molecule has 5 nitrogen and oxygen atoms in total. The number of hydrogen-bond acceptors (Lipinski definition) is 4. The Balaban J connectivity index is 2.81. The quantitative estimate of drug-likeness (QED) is 0.754. The molecule has 1 unspecified atom stereocenters. The lowest BCUT2D eigenvalue weighted by Crippen LogP contribution is -2.36. The summed E-state index contributed by atoms with van der Waals surface area (Å²) >= 11 is 0. The van der Waals surface area contributed by atoms with E-state index in [1.807, 2.05) is 25.1 Å². The minimum atomic E-state index is -0.246. The number of nitrogens with two attached hydrogens (primary N) is 1. The van der Waals surface area contributed by atoms with Crippen molar-refractivity contribution in [1.29, 1.82) is 0 Å². The summed E-state index contributed by atoms with van der Waals surface area (Å²) in [5.41, 5.74) is 6.67. The molecule has 1 atom stereocenters. The summed E-state index contributed by atoms with van der Waals surface area (Å²) in [6.07, 6.45) is 1.47. The van der Waals surface area contributed by atoms with Gasteiger partial charge in [-0.15, -0.1) is 0 Å². The van der Waals surface area contributed by atoms with Gasteiger partial charge in [-0.2, -0.15) is 0 Å². The van der Waals surface area contributed by atoms with Crippen LogP contribution < -0.4 is 20.5 Å². The first-order valence-corrected chi connectivity index (χ1v) is 6.84. The lowest BCUT2D eigenvalue weighted by atomic mass is 9.97. The van der Waals surface area contributed by atoms with Crippen LogP contribution >= 0.6 is 0 Å². The van der Waals surface area contributed by atoms with Crippen molar-refractivity contribution in [2.75, 3.05) is 27.3 Å². The number of amides is 1. The van der Waals surface area contributed by atoms with Gasteiger partial charge in [0.1, 0.15) is 11.5 Å². The van der Waals surface area contributed by atoms with Crippen LogP contribution in [0.5, 0.6) is 11.5 Å². The highest BCUT2D eigenvalue weighted by atomic mass is 16.5. The second-order valence-corrected chi connectivity index (χ2v) is 4.61. The van der Waals surface area contributed by atoms with Crippen LogP contribution in [0.2, 0.25) is 0 Å². The first-order chi connectivity index (χ1) is 9.65. The van der Waals surface area contributed by atoms with E-state index in [1.54, 1.807) is 14.2 Å². The molecule has 0 radical (unpaired) electrons. The number of rotatable bonds is 8. The van der Waals surface area contributed by atoms with Gasteiger partial charge in [0.15, 0.2) is 0 Å². The molecule has 0 saturated heterocycles. The molecule has 0 heterocycles. The summed E-state index contributed by atoms with van der Waals surface area (Å²) in [4.78, 5) is 12.0. The molecule has 1 aromatic rings. The van der Waals surface area contributed by atoms with Crippen LogP contribution in [-0.2, 0) is 11.2 Å². The largest absolute Gasteiger partial charge is 0.497 e. The van der Waals surface area contributed by atoms with Crippen LogP contribution in [0, 0.1) is 5.92 Å². The molecule has 0 bridgehead atoms. The van der Waals surface area contributed by atoms with Crippen molar-refractivity contribution in [2.24, 2.45) is 11.7 Å². The minimum Gasteiger partial charge on any atom is -0.497 e. The van der Waals surface area contributed by atoms with Crippen LogP contribution in [0.4, 0.5) is 0 Å². The van der Waals surface area contributed by atoms with E-state index in [9.17, 15) is 4.79 Å². The predicted octanol–water partition coefficient (Wildman–Crippen LogP) is 1.35. The molecule has 1 amide bonds. The maximum Gasteiger partial charge on any atom is 0.224 e. The number of benzene rings is 1. The Morgan fingerprint density at radius 2 is 2.10 bits per heavy atom. The highest BCUT2D eigenvalue weighted by Crippen LogP contribution is 2.26. The van der Waals surface area contributed by atoms with Crippen LogP contribution in [0.3, 0.4) is 0 Å². The Kier molecular flexibility index (Phi) is 6.87. The second kappa shape index (κ2) is 8.43. The van der Waals surface area contributed by atoms with E-state index in [0.29, 0.717) is 25.3 Å². The fourth-order valence-corrected chi connectivity index (χ4v) is 1.96. The van der Waals surface area contributed by atoms with Crippen LogP contribution in [0.25, 0.3) is 0 Å². The number of carbonyl (C=O) groups excluding carboxylic acids is 1. The molecule has 0 aliphatic heterocycles. The third-order valence-corrected chi connectivity index (χ3v) is 3.17. The van der Waals surface area contributed by atoms with Crippen molar-refractivity contribution in [3.8, 4) is 11.5 Å². The molecule has 112 valence electrons. The van der Waals surface area contributed by atoms with Gasteiger partial charge < -0.3 is 20.5 Å². The number of carbonyl (C=O) groups is 1. The highest BCUT2D eigenvalue weighted by molar-refractivity contribution is 5.79. The molecule has 0 fully saturated rings. The standard InChI is InChI=1S/C15H24N2O3/c1-4-7-17-15(18)12(10-16)8-11-5-6-13(19-2)9-14(11)20-3/h5-6,9,12H,4,7-8,10,16H2,1-3H3,(H,17,18). The molecule has 1 aromatic carbocycles. The zero-order chi connectivity index (χ0) is 15.0. The molecular formula is C15H24N2O3. The van der Waals surface area contributed by atoms with E-state index in [-0.39, 0.29) is 11.8 Å². The zero-order valence-corrected chi connectivity index (χ0v) is 12.4. The maximum absolute atomic E-state index is 12.0. The van der Waals surface area contributed by atoms with Crippen LogP contribution in [0.1, 0.15) is 18.9 Å². The Hall–Kier alpha value is -1.75. The van der Waals surface area contributed by atoms with Crippen molar-refractivity contribution < 1.29 is 14.3 Å². The Labute approximate surface area is 120 Å². The molecule has 0 saturated carbocycles. The smallest absolute Gasteiger partial charge is 0.224 e. The third kappa shape index (κ3) is 4.42. The summed E-state index contributed by atoms with van der Waals surface area (Å²) in [7, 11) is 3.21. The molecule has 20 heavy (non-hydrogen) atoms. The van der Waals surface area contributed by atoms with Crippen molar-refractivity contribution in [2.45, 2.75) is 19.8 Å². The van der Waals surface area contributed by atoms with Crippen LogP contribution in [-0.4, -0.2) is 33.2 Å². The first kappa shape index (κ1) is 16.3. The van der Waals surface area contributed by atoms with Crippen molar-refractivity contribution in [1.82, 2.24) is 5.32 Å². The maximum atomic E-state index is 12.0. The molecule has 5 heteroatoms. The normalized spacial score (nSPS) is 11.8. The monoisotopic (exact) mass is 280 g/mol. The van der Waals surface area contributed by atoms with E-state index in [4.69, 9.17) is 15.2 Å². The van der Waals surface area contributed by atoms with E-state index in [1.165, 1.54) is 0 Å². The zero-order valence-electron chi connectivity index (χ0n) is 12.4. The van der Waals surface area contributed by atoms with E-state index in [0.717, 1.165) is 17.7 Å². The fourth-order valence-electron chi connectivity index (χ4n) is 1.96. The van der Waals surface area contributed by atoms with Gasteiger partial charge in [-0.25, -0.2) is 0 Å². The summed E-state index contributed by atoms with van der Waals surface area (Å²) in [5, 5.41) is 2.88. The average molecular weight is 280 g/mol. The predicted molar refractivity (Wildman–Crippen MR) is 79.1 cm³/mol. The van der Waals surface area contributed by atoms with Gasteiger partial charge >= 0.3 is 0 Å². The Bertz CT molecular complexity index is 435. The van der Waals surface area contributed by atoms with Crippen molar-refractivity contribution in [3.05, 3.63) is 23.8 Å². The molecule has 0 spiro atoms. The second-order valence-electron chi connectivity index (χ2n) is 4.61. The molecule has 0 aliphatic rings. The van der Waals surface area contributed by atoms with Crippen molar-refractivity contribution in [3.63, 3.8) is 0 Å². The average Bonchev–Trinajstić information content (AvgIpc) is 2.50. The lowest BCUT2D eigenvalue weighted by molar-refractivity contribution is -0.124. The first-order valence-electron chi connectivity index (χ1n) is 6.84. The van der Waals surface area contributed by atoms with Gasteiger partial charge in [-0.3, -0.25) is 4.79 Å². The van der Waals surface area contributed by atoms with Gasteiger partial charge in [-0.05, 0) is 24.5 Å². The molecule has 0 aromatic heterocycles. The van der Waals surface area contributed by atoms with Crippen molar-refractivity contribution >= 4 is 5.91 Å². The minimum absolute atomic E-state index is 0.00720. The fraction of sp³-hybridized carbons (Fsp3) is 0.533. The van der Waals surface area contributed by atoms with Crippen LogP contribution in [0.15, 0.2) is 18.2 Å². The van der Waals surface area contributed by atoms with Gasteiger partial charge in [0.05, 0.1) is 20.1 Å². The van der Waals surface area contributed by atoms with E-state index >= 15 is 0 Å². The summed E-state index contributed by atoms with van der Waals surface area (Å²) < 4.78 is 10.5. The SMILES string of the molecule is CCCNC(=O)C(CN)Cc1ccc(OC)cc1OC. The van der Waals surface area contributed by atoms with Gasteiger partial charge in [0, 0.05) is 19.2 Å².